The first-order valence-electron chi connectivity index (χ1n) is 2.98. The summed E-state index contributed by atoms with van der Waals surface area (Å²) in [7, 11) is 0. The molecule has 2 nitrogen and oxygen atoms in total. The fourth-order valence-electron chi connectivity index (χ4n) is 0.371. The first kappa shape index (κ1) is 8.24. The van der Waals surface area contributed by atoms with Gasteiger partial charge in [0.1, 0.15) is 5.76 Å². The predicted octanol–water partition coefficient (Wildman–Crippen LogP) is 1.35. The summed E-state index contributed by atoms with van der Waals surface area (Å²) in [6.45, 7) is 5.26. The minimum absolute atomic E-state index is 0.0360. The summed E-state index contributed by atoms with van der Waals surface area (Å²) < 4.78 is 0. The quantitative estimate of drug-likeness (QED) is 0.444. The monoisotopic (exact) mass is 127 g/mol. The number of aliphatic hydroxyl groups excluding tert-OH is 1. The second-order valence-electron chi connectivity index (χ2n) is 1.92. The van der Waals surface area contributed by atoms with Crippen molar-refractivity contribution in [3.63, 3.8) is 0 Å². The molecule has 1 unspecified atom stereocenters. The van der Waals surface area contributed by atoms with E-state index in [9.17, 15) is 0 Å². The molecule has 0 saturated carbocycles. The molecule has 0 aliphatic rings. The lowest BCUT2D eigenvalue weighted by Crippen LogP contribution is -2.14. The Morgan fingerprint density at radius 3 is 2.78 bits per heavy atom. The molecule has 0 amide bonds. The summed E-state index contributed by atoms with van der Waals surface area (Å²) >= 11 is 0. The normalized spacial score (nSPS) is 14.0. The van der Waals surface area contributed by atoms with Gasteiger partial charge in [0.05, 0.1) is 0 Å². The van der Waals surface area contributed by atoms with Crippen molar-refractivity contribution in [2.75, 3.05) is 0 Å². The van der Waals surface area contributed by atoms with Crippen molar-refractivity contribution >= 4 is 0 Å². The van der Waals surface area contributed by atoms with Crippen molar-refractivity contribution < 1.29 is 5.11 Å². The van der Waals surface area contributed by atoms with Crippen molar-refractivity contribution in [3.05, 3.63) is 24.5 Å². The molecule has 0 aromatic carbocycles. The van der Waals surface area contributed by atoms with E-state index in [-0.39, 0.29) is 11.8 Å². The molecule has 0 rings (SSSR count). The van der Waals surface area contributed by atoms with Gasteiger partial charge in [-0.2, -0.15) is 0 Å². The minimum atomic E-state index is 0.0360. The molecule has 0 spiro atoms. The molecule has 0 radical (unpaired) electrons. The highest BCUT2D eigenvalue weighted by atomic mass is 16.3. The molecule has 0 aromatic heterocycles. The maximum Gasteiger partial charge on any atom is 0.108 e. The molecule has 1 atom stereocenters. The van der Waals surface area contributed by atoms with Gasteiger partial charge in [0.2, 0.25) is 0 Å². The van der Waals surface area contributed by atoms with E-state index >= 15 is 0 Å². The van der Waals surface area contributed by atoms with E-state index in [2.05, 4.69) is 6.58 Å². The van der Waals surface area contributed by atoms with Crippen LogP contribution in [0.25, 0.3) is 0 Å². The number of nitrogens with two attached hydrogens (primary N) is 1. The Labute approximate surface area is 55.7 Å². The van der Waals surface area contributed by atoms with Gasteiger partial charge in [0, 0.05) is 6.04 Å². The lowest BCUT2D eigenvalue weighted by molar-refractivity contribution is 0.434. The first-order valence-corrected chi connectivity index (χ1v) is 2.98. The first-order chi connectivity index (χ1) is 4.16. The maximum atomic E-state index is 8.56. The van der Waals surface area contributed by atoms with Gasteiger partial charge in [-0.1, -0.05) is 19.6 Å². The minimum Gasteiger partial charge on any atom is -0.509 e. The van der Waals surface area contributed by atoms with Crippen molar-refractivity contribution in [1.82, 2.24) is 0 Å². The van der Waals surface area contributed by atoms with Crippen LogP contribution in [-0.4, -0.2) is 11.1 Å². The molecule has 2 heteroatoms. The average Bonchev–Trinajstić information content (AvgIpc) is 1.83. The van der Waals surface area contributed by atoms with Gasteiger partial charge >= 0.3 is 0 Å². The molecular weight excluding hydrogens is 114 g/mol. The standard InChI is InChI=1S/C7H13NO/c1-3-7(8)5-4-6(2)9/h4-5,7,9H,2-3,8H2,1H3/b5-4-. The largest absolute Gasteiger partial charge is 0.509 e. The Kier molecular flexibility index (Phi) is 3.80. The summed E-state index contributed by atoms with van der Waals surface area (Å²) in [5.41, 5.74) is 5.48. The van der Waals surface area contributed by atoms with Crippen LogP contribution in [0.5, 0.6) is 0 Å². The van der Waals surface area contributed by atoms with E-state index < -0.39 is 0 Å². The highest BCUT2D eigenvalue weighted by molar-refractivity contribution is 5.07. The lowest BCUT2D eigenvalue weighted by atomic mass is 10.2. The van der Waals surface area contributed by atoms with Crippen LogP contribution in [0, 0.1) is 0 Å². The number of aliphatic hydroxyl groups is 1. The number of hydrogen-bond donors (Lipinski definition) is 2. The third kappa shape index (κ3) is 5.11. The zero-order valence-corrected chi connectivity index (χ0v) is 5.67. The fourth-order valence-corrected chi connectivity index (χ4v) is 0.371. The Balaban J connectivity index is 3.56. The summed E-state index contributed by atoms with van der Waals surface area (Å²) in [5, 5.41) is 8.56. The topological polar surface area (TPSA) is 46.2 Å². The molecule has 0 heterocycles. The van der Waals surface area contributed by atoms with Crippen molar-refractivity contribution in [1.29, 1.82) is 0 Å². The van der Waals surface area contributed by atoms with Crippen LogP contribution in [0.2, 0.25) is 0 Å². The molecule has 0 saturated heterocycles. The van der Waals surface area contributed by atoms with Crippen molar-refractivity contribution in [3.8, 4) is 0 Å². The van der Waals surface area contributed by atoms with E-state index in [1.807, 2.05) is 6.92 Å². The highest BCUT2D eigenvalue weighted by Crippen LogP contribution is 1.91. The van der Waals surface area contributed by atoms with Crippen LogP contribution in [0.3, 0.4) is 0 Å². The van der Waals surface area contributed by atoms with E-state index in [1.54, 1.807) is 6.08 Å². The summed E-state index contributed by atoms with van der Waals surface area (Å²) in [6, 6.07) is 0.0360. The summed E-state index contributed by atoms with van der Waals surface area (Å²) in [4.78, 5) is 0. The van der Waals surface area contributed by atoms with Crippen molar-refractivity contribution in [2.24, 2.45) is 5.73 Å². The van der Waals surface area contributed by atoms with E-state index in [0.29, 0.717) is 0 Å². The van der Waals surface area contributed by atoms with Crippen LogP contribution in [-0.2, 0) is 0 Å². The second kappa shape index (κ2) is 4.15. The van der Waals surface area contributed by atoms with Gasteiger partial charge in [0.15, 0.2) is 0 Å². The lowest BCUT2D eigenvalue weighted by Gasteiger charge is -1.98. The Morgan fingerprint density at radius 2 is 2.44 bits per heavy atom. The second-order valence-corrected chi connectivity index (χ2v) is 1.92. The molecule has 0 bridgehead atoms. The molecule has 52 valence electrons. The zero-order chi connectivity index (χ0) is 7.28. The average molecular weight is 127 g/mol. The highest BCUT2D eigenvalue weighted by Gasteiger charge is 1.89. The van der Waals surface area contributed by atoms with Gasteiger partial charge in [-0.05, 0) is 12.5 Å². The zero-order valence-electron chi connectivity index (χ0n) is 5.67. The molecule has 0 fully saturated rings. The molecule has 0 aromatic rings. The Morgan fingerprint density at radius 1 is 1.89 bits per heavy atom. The third-order valence-corrected chi connectivity index (χ3v) is 1.01. The van der Waals surface area contributed by atoms with Crippen LogP contribution in [0.1, 0.15) is 13.3 Å². The van der Waals surface area contributed by atoms with Crippen LogP contribution in [0.4, 0.5) is 0 Å². The van der Waals surface area contributed by atoms with Gasteiger partial charge in [-0.3, -0.25) is 0 Å². The van der Waals surface area contributed by atoms with Gasteiger partial charge in [-0.15, -0.1) is 0 Å². The molecule has 0 aliphatic carbocycles. The van der Waals surface area contributed by atoms with E-state index in [0.717, 1.165) is 6.42 Å². The van der Waals surface area contributed by atoms with Gasteiger partial charge in [-0.25, -0.2) is 0 Å². The molecule has 3 N–H and O–H groups in total. The van der Waals surface area contributed by atoms with Crippen LogP contribution < -0.4 is 5.73 Å². The molecule has 9 heavy (non-hydrogen) atoms. The number of allylic oxidation sites excluding steroid dienone is 1. The fraction of sp³-hybridized carbons (Fsp3) is 0.429. The van der Waals surface area contributed by atoms with Crippen LogP contribution >= 0.6 is 0 Å². The van der Waals surface area contributed by atoms with Crippen LogP contribution in [0.15, 0.2) is 24.5 Å². The SMILES string of the molecule is C=C(O)/C=C\C(N)CC. The smallest absolute Gasteiger partial charge is 0.108 e. The van der Waals surface area contributed by atoms with E-state index in [4.69, 9.17) is 10.8 Å². The Hall–Kier alpha value is -0.760. The van der Waals surface area contributed by atoms with Gasteiger partial charge < -0.3 is 10.8 Å². The number of hydrogen-bond acceptors (Lipinski definition) is 2. The van der Waals surface area contributed by atoms with Gasteiger partial charge in [0.25, 0.3) is 0 Å². The Bertz CT molecular complexity index is 118. The summed E-state index contributed by atoms with van der Waals surface area (Å²) in [5.74, 6) is 0.0545. The third-order valence-electron chi connectivity index (χ3n) is 1.01. The van der Waals surface area contributed by atoms with E-state index in [1.165, 1.54) is 6.08 Å². The number of rotatable bonds is 3. The molecule has 0 aliphatic heterocycles. The maximum absolute atomic E-state index is 8.56. The molecular formula is C7H13NO. The predicted molar refractivity (Wildman–Crippen MR) is 39.2 cm³/mol. The van der Waals surface area contributed by atoms with Crippen molar-refractivity contribution in [2.45, 2.75) is 19.4 Å². The summed E-state index contributed by atoms with van der Waals surface area (Å²) in [6.07, 6.45) is 4.11.